The fourth-order valence-electron chi connectivity index (χ4n) is 9.80. The summed E-state index contributed by atoms with van der Waals surface area (Å²) in [5.74, 6) is 1.52. The van der Waals surface area contributed by atoms with Gasteiger partial charge in [0.1, 0.15) is 30.2 Å². The van der Waals surface area contributed by atoms with Crippen molar-refractivity contribution in [3.8, 4) is 17.3 Å². The summed E-state index contributed by atoms with van der Waals surface area (Å²) in [6.45, 7) is 7.85. The number of hydrogen-bond donors (Lipinski definition) is 0. The Morgan fingerprint density at radius 3 is 2.63 bits per heavy atom. The second-order valence-corrected chi connectivity index (χ2v) is 15.3. The van der Waals surface area contributed by atoms with E-state index in [1.54, 1.807) is 11.1 Å². The van der Waals surface area contributed by atoms with Crippen LogP contribution in [-0.4, -0.2) is 102 Å². The molecule has 268 valence electrons. The Balaban J connectivity index is 1.03. The Bertz CT molecular complexity index is 1940. The number of amides is 1. The van der Waals surface area contributed by atoms with Crippen molar-refractivity contribution in [2.24, 2.45) is 11.8 Å². The summed E-state index contributed by atoms with van der Waals surface area (Å²) in [6, 6.07) is 12.6. The molecule has 0 radical (unpaired) electrons. The molecule has 51 heavy (non-hydrogen) atoms. The minimum absolute atomic E-state index is 0.137. The van der Waals surface area contributed by atoms with Gasteiger partial charge in [-0.2, -0.15) is 9.97 Å². The molecule has 4 saturated heterocycles. The quantitative estimate of drug-likeness (QED) is 0.202. The van der Waals surface area contributed by atoms with Crippen LogP contribution >= 0.6 is 0 Å². The number of benzene rings is 2. The molecular formula is C40H47FN6O4. The van der Waals surface area contributed by atoms with E-state index < -0.39 is 5.82 Å². The maximum absolute atomic E-state index is 17.0. The monoisotopic (exact) mass is 694 g/mol. The average Bonchev–Trinajstić information content (AvgIpc) is 3.85. The summed E-state index contributed by atoms with van der Waals surface area (Å²) in [6.07, 6.45) is 9.95. The van der Waals surface area contributed by atoms with Gasteiger partial charge >= 0.3 is 12.1 Å². The van der Waals surface area contributed by atoms with Crippen LogP contribution in [0.3, 0.4) is 0 Å². The van der Waals surface area contributed by atoms with Crippen LogP contribution in [0.15, 0.2) is 42.6 Å². The molecular weight excluding hydrogens is 647 g/mol. The number of aryl methyl sites for hydroxylation is 1. The molecule has 0 N–H and O–H groups in total. The molecule has 1 saturated carbocycles. The molecule has 10 nitrogen and oxygen atoms in total. The lowest BCUT2D eigenvalue weighted by molar-refractivity contribution is 0.0138. The van der Waals surface area contributed by atoms with Crippen LogP contribution in [-0.2, 0) is 15.9 Å². The topological polar surface area (TPSA) is 93.1 Å². The SMILES string of the molecule is CCc1cccc2cccc(-c3ncc4c(N5CC6CCC(C6)C5)nc(OC[C@]56CCCN5[C@@H](COC(=O)N5CCOCC5)CC6)nc4c3F)c12. The number of rotatable bonds is 8. The van der Waals surface area contributed by atoms with E-state index in [9.17, 15) is 4.79 Å². The molecule has 1 aliphatic carbocycles. The molecule has 2 aromatic heterocycles. The molecule has 2 unspecified atom stereocenters. The van der Waals surface area contributed by atoms with Gasteiger partial charge in [0.25, 0.3) is 0 Å². The summed E-state index contributed by atoms with van der Waals surface area (Å²) in [5, 5.41) is 2.72. The van der Waals surface area contributed by atoms with Crippen molar-refractivity contribution in [1.29, 1.82) is 0 Å². The van der Waals surface area contributed by atoms with Gasteiger partial charge < -0.3 is 24.0 Å². The van der Waals surface area contributed by atoms with Crippen molar-refractivity contribution in [1.82, 2.24) is 24.8 Å². The summed E-state index contributed by atoms with van der Waals surface area (Å²) in [4.78, 5) is 33.9. The Hall–Kier alpha value is -4.09. The zero-order chi connectivity index (χ0) is 34.5. The number of halogens is 1. The normalized spacial score (nSPS) is 26.3. The first-order chi connectivity index (χ1) is 25.0. The first-order valence-electron chi connectivity index (χ1n) is 19.0. The van der Waals surface area contributed by atoms with Gasteiger partial charge in [-0.05, 0) is 86.1 Å². The molecule has 4 aliphatic heterocycles. The number of fused-ring (bicyclic) bond motifs is 5. The van der Waals surface area contributed by atoms with Crippen LogP contribution < -0.4 is 9.64 Å². The standard InChI is InChI=1S/C40H47FN6O4/c1-2-28-6-3-7-29-8-4-9-31(33(28)29)35-34(41)36-32(21-42-35)37(46-22-26-10-11-27(20-26)23-46)44-38(43-36)51-25-40-13-5-15-47(40)30(12-14-40)24-50-39(48)45-16-18-49-19-17-45/h3-4,6-9,21,26-27,30H,2,5,10-20,22-25H2,1H3/t26?,27?,30-,40-/m1/s1. The number of carbonyl (C=O) groups excluding carboxylic acids is 1. The van der Waals surface area contributed by atoms with Crippen LogP contribution in [0.5, 0.6) is 6.01 Å². The molecule has 1 amide bonds. The lowest BCUT2D eigenvalue weighted by Crippen LogP contribution is -2.48. The van der Waals surface area contributed by atoms with Gasteiger partial charge in [0.2, 0.25) is 0 Å². The Labute approximate surface area is 298 Å². The third-order valence-electron chi connectivity index (χ3n) is 12.3. The lowest BCUT2D eigenvalue weighted by Gasteiger charge is -2.35. The van der Waals surface area contributed by atoms with Crippen molar-refractivity contribution in [3.05, 3.63) is 54.0 Å². The highest BCUT2D eigenvalue weighted by Gasteiger charge is 2.50. The third-order valence-corrected chi connectivity index (χ3v) is 12.3. The molecule has 5 fully saturated rings. The second kappa shape index (κ2) is 13.5. The molecule has 2 bridgehead atoms. The maximum atomic E-state index is 17.0. The molecule has 9 rings (SSSR count). The number of piperidine rings is 1. The number of anilines is 1. The van der Waals surface area contributed by atoms with Crippen LogP contribution in [0.2, 0.25) is 0 Å². The van der Waals surface area contributed by atoms with E-state index >= 15 is 4.39 Å². The first kappa shape index (κ1) is 32.8. The van der Waals surface area contributed by atoms with E-state index in [-0.39, 0.29) is 29.2 Å². The number of morpholine rings is 1. The first-order valence-corrected chi connectivity index (χ1v) is 19.0. The second-order valence-electron chi connectivity index (χ2n) is 15.3. The molecule has 4 aromatic rings. The smallest absolute Gasteiger partial charge is 0.409 e. The third kappa shape index (κ3) is 5.96. The van der Waals surface area contributed by atoms with Crippen LogP contribution in [0.25, 0.3) is 32.9 Å². The zero-order valence-electron chi connectivity index (χ0n) is 29.5. The molecule has 5 aliphatic rings. The largest absolute Gasteiger partial charge is 0.461 e. The van der Waals surface area contributed by atoms with Crippen LogP contribution in [0.4, 0.5) is 15.0 Å². The Kier molecular flexibility index (Phi) is 8.66. The van der Waals surface area contributed by atoms with Gasteiger partial charge in [-0.1, -0.05) is 43.3 Å². The summed E-state index contributed by atoms with van der Waals surface area (Å²) < 4.78 is 34.8. The average molecular weight is 695 g/mol. The van der Waals surface area contributed by atoms with Crippen molar-refractivity contribution < 1.29 is 23.4 Å². The van der Waals surface area contributed by atoms with E-state index in [4.69, 9.17) is 29.2 Å². The number of pyridine rings is 1. The molecule has 2 aromatic carbocycles. The maximum Gasteiger partial charge on any atom is 0.409 e. The Morgan fingerprint density at radius 1 is 1.02 bits per heavy atom. The lowest BCUT2D eigenvalue weighted by atomic mass is 9.95. The number of nitrogens with zero attached hydrogens (tertiary/aromatic N) is 6. The Morgan fingerprint density at radius 2 is 1.82 bits per heavy atom. The van der Waals surface area contributed by atoms with E-state index in [0.29, 0.717) is 62.4 Å². The van der Waals surface area contributed by atoms with Crippen molar-refractivity contribution in [3.63, 3.8) is 0 Å². The highest BCUT2D eigenvalue weighted by atomic mass is 19.1. The van der Waals surface area contributed by atoms with Gasteiger partial charge in [0, 0.05) is 44.0 Å². The minimum atomic E-state index is -0.442. The summed E-state index contributed by atoms with van der Waals surface area (Å²) >= 11 is 0. The minimum Gasteiger partial charge on any atom is -0.461 e. The molecule has 6 heterocycles. The summed E-state index contributed by atoms with van der Waals surface area (Å²) in [7, 11) is 0. The van der Waals surface area contributed by atoms with Gasteiger partial charge in [-0.3, -0.25) is 9.88 Å². The summed E-state index contributed by atoms with van der Waals surface area (Å²) in [5.41, 5.74) is 2.29. The van der Waals surface area contributed by atoms with Crippen molar-refractivity contribution in [2.45, 2.75) is 69.9 Å². The van der Waals surface area contributed by atoms with E-state index in [1.165, 1.54) is 19.3 Å². The number of carbonyl (C=O) groups is 1. The van der Waals surface area contributed by atoms with Crippen molar-refractivity contribution >= 4 is 33.6 Å². The number of hydrogen-bond acceptors (Lipinski definition) is 9. The van der Waals surface area contributed by atoms with Gasteiger partial charge in [0.15, 0.2) is 5.82 Å². The van der Waals surface area contributed by atoms with E-state index in [2.05, 4.69) is 41.0 Å². The van der Waals surface area contributed by atoms with Crippen LogP contribution in [0.1, 0.15) is 57.4 Å². The van der Waals surface area contributed by atoms with E-state index in [1.807, 2.05) is 12.1 Å². The fourth-order valence-corrected chi connectivity index (χ4v) is 9.80. The predicted octanol–water partition coefficient (Wildman–Crippen LogP) is 6.63. The highest BCUT2D eigenvalue weighted by Crippen LogP contribution is 2.44. The van der Waals surface area contributed by atoms with Gasteiger partial charge in [-0.15, -0.1) is 0 Å². The molecule has 0 spiro atoms. The van der Waals surface area contributed by atoms with Crippen LogP contribution in [0, 0.1) is 17.7 Å². The van der Waals surface area contributed by atoms with Crippen molar-refractivity contribution in [2.75, 3.05) is 64.1 Å². The van der Waals surface area contributed by atoms with Gasteiger partial charge in [-0.25, -0.2) is 9.18 Å². The predicted molar refractivity (Wildman–Crippen MR) is 194 cm³/mol. The molecule has 4 atom stereocenters. The number of ether oxygens (including phenoxy) is 3. The highest BCUT2D eigenvalue weighted by molar-refractivity contribution is 6.00. The number of aromatic nitrogens is 3. The fraction of sp³-hybridized carbons (Fsp3) is 0.550. The van der Waals surface area contributed by atoms with Gasteiger partial charge in [0.05, 0.1) is 24.1 Å². The zero-order valence-corrected chi connectivity index (χ0v) is 29.5. The molecule has 11 heteroatoms. The van der Waals surface area contributed by atoms with E-state index in [0.717, 1.165) is 79.5 Å².